The molecule has 3 heteroatoms. The molecule has 2 nitrogen and oxygen atoms in total. The fourth-order valence-corrected chi connectivity index (χ4v) is 2.57. The minimum atomic E-state index is -0.148. The summed E-state index contributed by atoms with van der Waals surface area (Å²) in [6.07, 6.45) is 4.66. The summed E-state index contributed by atoms with van der Waals surface area (Å²) in [6, 6.07) is 0. The number of halogens is 1. The highest BCUT2D eigenvalue weighted by molar-refractivity contribution is 9.09. The number of amides is 1. The van der Waals surface area contributed by atoms with Crippen LogP contribution in [0.3, 0.4) is 0 Å². The van der Waals surface area contributed by atoms with E-state index in [1.807, 2.05) is 0 Å². The van der Waals surface area contributed by atoms with Gasteiger partial charge in [0.2, 0.25) is 5.91 Å². The lowest BCUT2D eigenvalue weighted by Crippen LogP contribution is -2.50. The van der Waals surface area contributed by atoms with Gasteiger partial charge in [-0.3, -0.25) is 4.79 Å². The maximum atomic E-state index is 12.3. The van der Waals surface area contributed by atoms with Crippen LogP contribution in [0.15, 0.2) is 0 Å². The van der Waals surface area contributed by atoms with Crippen LogP contribution in [0.2, 0.25) is 0 Å². The molecular formula is C13H24BrNO. The molecule has 0 aliphatic heterocycles. The molecule has 16 heavy (non-hydrogen) atoms. The molecular weight excluding hydrogens is 266 g/mol. The first-order valence-electron chi connectivity index (χ1n) is 6.16. The SMILES string of the molecule is CC(C)(CBr)NC(=O)C1CCCCC1(C)C. The Bertz CT molecular complexity index is 261. The molecule has 1 aliphatic rings. The molecule has 1 fully saturated rings. The molecule has 0 bridgehead atoms. The summed E-state index contributed by atoms with van der Waals surface area (Å²) in [6.45, 7) is 8.54. The molecule has 1 rings (SSSR count). The van der Waals surface area contributed by atoms with Gasteiger partial charge >= 0.3 is 0 Å². The van der Waals surface area contributed by atoms with Crippen LogP contribution in [0, 0.1) is 11.3 Å². The van der Waals surface area contributed by atoms with Gasteiger partial charge in [0.05, 0.1) is 0 Å². The summed E-state index contributed by atoms with van der Waals surface area (Å²) in [5.41, 5.74) is 0.00926. The Labute approximate surface area is 108 Å². The smallest absolute Gasteiger partial charge is 0.224 e. The summed E-state index contributed by atoms with van der Waals surface area (Å²) in [4.78, 5) is 12.3. The van der Waals surface area contributed by atoms with E-state index in [9.17, 15) is 4.79 Å². The number of hydrogen-bond acceptors (Lipinski definition) is 1. The molecule has 1 atom stereocenters. The van der Waals surface area contributed by atoms with Crippen molar-refractivity contribution in [2.45, 2.75) is 58.9 Å². The molecule has 1 unspecified atom stereocenters. The van der Waals surface area contributed by atoms with Gasteiger partial charge in [0.1, 0.15) is 0 Å². The van der Waals surface area contributed by atoms with E-state index in [4.69, 9.17) is 0 Å². The summed E-state index contributed by atoms with van der Waals surface area (Å²) >= 11 is 3.44. The van der Waals surface area contributed by atoms with Gasteiger partial charge in [0.25, 0.3) is 0 Å². The quantitative estimate of drug-likeness (QED) is 0.792. The lowest BCUT2D eigenvalue weighted by atomic mass is 9.68. The van der Waals surface area contributed by atoms with Crippen molar-refractivity contribution in [1.82, 2.24) is 5.32 Å². The molecule has 0 saturated heterocycles. The predicted molar refractivity (Wildman–Crippen MR) is 71.8 cm³/mol. The lowest BCUT2D eigenvalue weighted by molar-refractivity contribution is -0.131. The zero-order valence-electron chi connectivity index (χ0n) is 10.9. The average Bonchev–Trinajstić information content (AvgIpc) is 2.16. The van der Waals surface area contributed by atoms with Crippen molar-refractivity contribution in [2.24, 2.45) is 11.3 Å². The van der Waals surface area contributed by atoms with E-state index in [1.54, 1.807) is 0 Å². The fraction of sp³-hybridized carbons (Fsp3) is 0.923. The van der Waals surface area contributed by atoms with E-state index < -0.39 is 0 Å². The molecule has 0 aromatic heterocycles. The van der Waals surface area contributed by atoms with Crippen LogP contribution in [0.4, 0.5) is 0 Å². The van der Waals surface area contributed by atoms with Crippen LogP contribution in [0.25, 0.3) is 0 Å². The number of alkyl halides is 1. The molecule has 0 spiro atoms. The van der Waals surface area contributed by atoms with Gasteiger partial charge in [0.15, 0.2) is 0 Å². The van der Waals surface area contributed by atoms with E-state index in [0.717, 1.165) is 11.8 Å². The van der Waals surface area contributed by atoms with Crippen molar-refractivity contribution in [2.75, 3.05) is 5.33 Å². The van der Waals surface area contributed by atoms with Crippen molar-refractivity contribution in [3.63, 3.8) is 0 Å². The largest absolute Gasteiger partial charge is 0.350 e. The Kier molecular flexibility index (Phi) is 4.44. The van der Waals surface area contributed by atoms with Gasteiger partial charge < -0.3 is 5.32 Å². The van der Waals surface area contributed by atoms with E-state index in [-0.39, 0.29) is 22.8 Å². The van der Waals surface area contributed by atoms with Gasteiger partial charge in [-0.25, -0.2) is 0 Å². The highest BCUT2D eigenvalue weighted by Crippen LogP contribution is 2.40. The van der Waals surface area contributed by atoms with Crippen molar-refractivity contribution < 1.29 is 4.79 Å². The molecule has 1 saturated carbocycles. The standard InChI is InChI=1S/C13H24BrNO/c1-12(2)8-6-5-7-10(12)11(16)15-13(3,4)9-14/h10H,5-9H2,1-4H3,(H,15,16). The second-order valence-corrected chi connectivity index (χ2v) is 6.85. The van der Waals surface area contributed by atoms with Crippen LogP contribution < -0.4 is 5.32 Å². The molecule has 0 aromatic rings. The second-order valence-electron chi connectivity index (χ2n) is 6.29. The fourth-order valence-electron chi connectivity index (χ4n) is 2.43. The lowest BCUT2D eigenvalue weighted by Gasteiger charge is -2.39. The third kappa shape index (κ3) is 3.47. The van der Waals surface area contributed by atoms with Crippen LogP contribution in [-0.4, -0.2) is 16.8 Å². The van der Waals surface area contributed by atoms with Gasteiger partial charge in [-0.05, 0) is 32.1 Å². The Balaban J connectivity index is 2.66. The van der Waals surface area contributed by atoms with Crippen LogP contribution in [-0.2, 0) is 4.79 Å². The predicted octanol–water partition coefficient (Wildman–Crippen LogP) is 3.49. The summed E-state index contributed by atoms with van der Waals surface area (Å²) in [5, 5.41) is 3.94. The summed E-state index contributed by atoms with van der Waals surface area (Å²) < 4.78 is 0. The number of nitrogens with one attached hydrogen (secondary N) is 1. The van der Waals surface area contributed by atoms with E-state index >= 15 is 0 Å². The van der Waals surface area contributed by atoms with Crippen molar-refractivity contribution >= 4 is 21.8 Å². The molecule has 94 valence electrons. The zero-order chi connectivity index (χ0) is 12.4. The third-order valence-electron chi connectivity index (χ3n) is 3.62. The Morgan fingerprint density at radius 1 is 1.44 bits per heavy atom. The highest BCUT2D eigenvalue weighted by atomic mass is 79.9. The molecule has 1 aliphatic carbocycles. The normalized spacial score (nSPS) is 25.2. The minimum Gasteiger partial charge on any atom is -0.350 e. The number of carbonyl (C=O) groups excluding carboxylic acids is 1. The van der Waals surface area contributed by atoms with Gasteiger partial charge in [0, 0.05) is 16.8 Å². The number of hydrogen-bond donors (Lipinski definition) is 1. The molecule has 1 amide bonds. The maximum absolute atomic E-state index is 12.3. The second kappa shape index (κ2) is 5.07. The Hall–Kier alpha value is -0.0500. The van der Waals surface area contributed by atoms with Crippen LogP contribution in [0.5, 0.6) is 0 Å². The molecule has 0 heterocycles. The van der Waals surface area contributed by atoms with Crippen molar-refractivity contribution in [3.8, 4) is 0 Å². The topological polar surface area (TPSA) is 29.1 Å². The van der Waals surface area contributed by atoms with Crippen molar-refractivity contribution in [1.29, 1.82) is 0 Å². The zero-order valence-corrected chi connectivity index (χ0v) is 12.5. The minimum absolute atomic E-state index is 0.148. The molecule has 0 aromatic carbocycles. The van der Waals surface area contributed by atoms with E-state index in [2.05, 4.69) is 48.9 Å². The Morgan fingerprint density at radius 2 is 2.06 bits per heavy atom. The highest BCUT2D eigenvalue weighted by Gasteiger charge is 2.38. The van der Waals surface area contributed by atoms with Crippen LogP contribution >= 0.6 is 15.9 Å². The first kappa shape index (κ1) is 14.0. The van der Waals surface area contributed by atoms with E-state index in [1.165, 1.54) is 19.3 Å². The first-order valence-corrected chi connectivity index (χ1v) is 7.29. The number of carbonyl (C=O) groups is 1. The monoisotopic (exact) mass is 289 g/mol. The first-order chi connectivity index (χ1) is 7.28. The van der Waals surface area contributed by atoms with Gasteiger partial charge in [-0.1, -0.05) is 42.6 Å². The maximum Gasteiger partial charge on any atom is 0.224 e. The summed E-state index contributed by atoms with van der Waals surface area (Å²) in [7, 11) is 0. The molecule has 0 radical (unpaired) electrons. The Morgan fingerprint density at radius 3 is 2.56 bits per heavy atom. The van der Waals surface area contributed by atoms with Crippen LogP contribution in [0.1, 0.15) is 53.4 Å². The van der Waals surface area contributed by atoms with Gasteiger partial charge in [-0.2, -0.15) is 0 Å². The molecule has 1 N–H and O–H groups in total. The third-order valence-corrected chi connectivity index (χ3v) is 5.02. The van der Waals surface area contributed by atoms with Crippen molar-refractivity contribution in [3.05, 3.63) is 0 Å². The van der Waals surface area contributed by atoms with Gasteiger partial charge in [-0.15, -0.1) is 0 Å². The average molecular weight is 290 g/mol. The summed E-state index contributed by atoms with van der Waals surface area (Å²) in [5.74, 6) is 0.411. The van der Waals surface area contributed by atoms with E-state index in [0.29, 0.717) is 0 Å². The number of rotatable bonds is 3.